The van der Waals surface area contributed by atoms with Gasteiger partial charge in [0.15, 0.2) is 0 Å². The summed E-state index contributed by atoms with van der Waals surface area (Å²) in [6.07, 6.45) is 4.23. The van der Waals surface area contributed by atoms with Crippen molar-refractivity contribution in [1.29, 1.82) is 0 Å². The highest BCUT2D eigenvalue weighted by Gasteiger charge is 2.35. The van der Waals surface area contributed by atoms with Crippen LogP contribution >= 0.6 is 0 Å². The molecule has 2 heterocycles. The molecule has 2 rings (SSSR count). The molecule has 1 saturated heterocycles. The van der Waals surface area contributed by atoms with Crippen LogP contribution in [0.1, 0.15) is 25.3 Å². The zero-order chi connectivity index (χ0) is 12.4. The van der Waals surface area contributed by atoms with E-state index in [0.717, 1.165) is 12.1 Å². The maximum Gasteiger partial charge on any atom is 0.326 e. The average molecular weight is 237 g/mol. The molecule has 1 atom stereocenters. The van der Waals surface area contributed by atoms with Gasteiger partial charge in [-0.25, -0.2) is 4.79 Å². The highest BCUT2D eigenvalue weighted by molar-refractivity contribution is 5.87. The molecule has 0 aliphatic carbocycles. The summed E-state index contributed by atoms with van der Waals surface area (Å²) in [6.45, 7) is 3.06. The molecule has 92 valence electrons. The standard InChI is InChI=1S/C11H15N3O3/c1-2-13-6-8(5-12-13)7-14-9(11(16)17)3-4-10(14)15/h5-6,9H,2-4,7H2,1H3,(H,16,17). The minimum atomic E-state index is -0.932. The number of aliphatic carboxylic acids is 1. The first-order valence-corrected chi connectivity index (χ1v) is 5.65. The van der Waals surface area contributed by atoms with E-state index in [0.29, 0.717) is 19.4 Å². The lowest BCUT2D eigenvalue weighted by atomic mass is 10.2. The van der Waals surface area contributed by atoms with Gasteiger partial charge < -0.3 is 10.0 Å². The lowest BCUT2D eigenvalue weighted by Gasteiger charge is -2.20. The molecule has 1 aliphatic rings. The summed E-state index contributed by atoms with van der Waals surface area (Å²) in [6, 6.07) is -0.688. The van der Waals surface area contributed by atoms with Crippen LogP contribution in [0.5, 0.6) is 0 Å². The number of likely N-dealkylation sites (tertiary alicyclic amines) is 1. The third-order valence-electron chi connectivity index (χ3n) is 2.98. The van der Waals surface area contributed by atoms with E-state index in [1.807, 2.05) is 13.1 Å². The Bertz CT molecular complexity index is 441. The fourth-order valence-electron chi connectivity index (χ4n) is 2.05. The molecule has 0 radical (unpaired) electrons. The van der Waals surface area contributed by atoms with Crippen molar-refractivity contribution in [3.05, 3.63) is 18.0 Å². The van der Waals surface area contributed by atoms with Crippen molar-refractivity contribution in [2.24, 2.45) is 0 Å². The average Bonchev–Trinajstić information content (AvgIpc) is 2.87. The number of carboxylic acid groups (broad SMARTS) is 1. The number of hydrogen-bond acceptors (Lipinski definition) is 3. The Balaban J connectivity index is 2.10. The largest absolute Gasteiger partial charge is 0.480 e. The molecule has 1 amide bonds. The highest BCUT2D eigenvalue weighted by atomic mass is 16.4. The second-order valence-corrected chi connectivity index (χ2v) is 4.12. The van der Waals surface area contributed by atoms with Crippen LogP contribution in [0.3, 0.4) is 0 Å². The lowest BCUT2D eigenvalue weighted by molar-refractivity contribution is -0.146. The molecule has 1 aromatic heterocycles. The quantitative estimate of drug-likeness (QED) is 0.826. The summed E-state index contributed by atoms with van der Waals surface area (Å²) in [5.41, 5.74) is 0.869. The minimum Gasteiger partial charge on any atom is -0.480 e. The van der Waals surface area contributed by atoms with Crippen molar-refractivity contribution in [3.8, 4) is 0 Å². The Labute approximate surface area is 98.8 Å². The lowest BCUT2D eigenvalue weighted by Crippen LogP contribution is -2.37. The van der Waals surface area contributed by atoms with Gasteiger partial charge in [-0.15, -0.1) is 0 Å². The van der Waals surface area contributed by atoms with E-state index in [9.17, 15) is 9.59 Å². The van der Waals surface area contributed by atoms with Gasteiger partial charge in [0.1, 0.15) is 6.04 Å². The molecule has 0 saturated carbocycles. The number of carbonyl (C=O) groups excluding carboxylic acids is 1. The first-order chi connectivity index (χ1) is 8.11. The first kappa shape index (κ1) is 11.6. The molecule has 6 nitrogen and oxygen atoms in total. The Morgan fingerprint density at radius 3 is 3.00 bits per heavy atom. The molecular formula is C11H15N3O3. The van der Waals surface area contributed by atoms with Crippen molar-refractivity contribution in [1.82, 2.24) is 14.7 Å². The van der Waals surface area contributed by atoms with Gasteiger partial charge in [0.25, 0.3) is 0 Å². The van der Waals surface area contributed by atoms with E-state index in [1.165, 1.54) is 4.90 Å². The van der Waals surface area contributed by atoms with Gasteiger partial charge in [-0.3, -0.25) is 9.48 Å². The molecule has 1 N–H and O–H groups in total. The van der Waals surface area contributed by atoms with Crippen molar-refractivity contribution < 1.29 is 14.7 Å². The zero-order valence-electron chi connectivity index (χ0n) is 9.67. The van der Waals surface area contributed by atoms with Gasteiger partial charge in [0.2, 0.25) is 5.91 Å². The molecule has 0 bridgehead atoms. The van der Waals surface area contributed by atoms with E-state index >= 15 is 0 Å². The van der Waals surface area contributed by atoms with Crippen LogP contribution < -0.4 is 0 Å². The summed E-state index contributed by atoms with van der Waals surface area (Å²) in [4.78, 5) is 24.0. The number of rotatable bonds is 4. The van der Waals surface area contributed by atoms with Crippen molar-refractivity contribution in [2.45, 2.75) is 38.9 Å². The summed E-state index contributed by atoms with van der Waals surface area (Å²) in [5, 5.41) is 13.1. The number of carbonyl (C=O) groups is 2. The SMILES string of the molecule is CCn1cc(CN2C(=O)CCC2C(=O)O)cn1. The van der Waals surface area contributed by atoms with E-state index < -0.39 is 12.0 Å². The summed E-state index contributed by atoms with van der Waals surface area (Å²) in [7, 11) is 0. The van der Waals surface area contributed by atoms with Crippen LogP contribution in [-0.4, -0.2) is 37.7 Å². The third kappa shape index (κ3) is 2.30. The van der Waals surface area contributed by atoms with Gasteiger partial charge in [-0.2, -0.15) is 5.10 Å². The number of aromatic nitrogens is 2. The number of amides is 1. The second-order valence-electron chi connectivity index (χ2n) is 4.12. The van der Waals surface area contributed by atoms with Crippen molar-refractivity contribution in [2.75, 3.05) is 0 Å². The molecule has 0 aromatic carbocycles. The molecule has 6 heteroatoms. The van der Waals surface area contributed by atoms with Gasteiger partial charge in [0.05, 0.1) is 6.20 Å². The van der Waals surface area contributed by atoms with E-state index in [2.05, 4.69) is 5.10 Å². The Morgan fingerprint density at radius 1 is 1.65 bits per heavy atom. The number of aryl methyl sites for hydroxylation is 1. The van der Waals surface area contributed by atoms with Crippen LogP contribution in [0.2, 0.25) is 0 Å². The maximum atomic E-state index is 11.6. The fourth-order valence-corrected chi connectivity index (χ4v) is 2.05. The van der Waals surface area contributed by atoms with Gasteiger partial charge in [-0.1, -0.05) is 0 Å². The Kier molecular flexibility index (Phi) is 3.12. The van der Waals surface area contributed by atoms with E-state index in [1.54, 1.807) is 10.9 Å². The van der Waals surface area contributed by atoms with E-state index in [4.69, 9.17) is 5.11 Å². The Hall–Kier alpha value is -1.85. The fraction of sp³-hybridized carbons (Fsp3) is 0.545. The van der Waals surface area contributed by atoms with Gasteiger partial charge >= 0.3 is 5.97 Å². The molecular weight excluding hydrogens is 222 g/mol. The number of nitrogens with zero attached hydrogens (tertiary/aromatic N) is 3. The van der Waals surface area contributed by atoms with Crippen LogP contribution in [0, 0.1) is 0 Å². The second kappa shape index (κ2) is 4.57. The first-order valence-electron chi connectivity index (χ1n) is 5.65. The smallest absolute Gasteiger partial charge is 0.326 e. The topological polar surface area (TPSA) is 75.4 Å². The van der Waals surface area contributed by atoms with Crippen LogP contribution in [0.4, 0.5) is 0 Å². The molecule has 17 heavy (non-hydrogen) atoms. The molecule has 1 fully saturated rings. The Morgan fingerprint density at radius 2 is 2.41 bits per heavy atom. The molecule has 1 aliphatic heterocycles. The van der Waals surface area contributed by atoms with Gasteiger partial charge in [0, 0.05) is 31.3 Å². The summed E-state index contributed by atoms with van der Waals surface area (Å²) in [5.74, 6) is -1.03. The van der Waals surface area contributed by atoms with Crippen molar-refractivity contribution >= 4 is 11.9 Å². The predicted octanol–water partition coefficient (Wildman–Crippen LogP) is 0.479. The molecule has 0 spiro atoms. The molecule has 1 unspecified atom stereocenters. The maximum absolute atomic E-state index is 11.6. The summed E-state index contributed by atoms with van der Waals surface area (Å²) < 4.78 is 1.76. The zero-order valence-corrected chi connectivity index (χ0v) is 9.67. The minimum absolute atomic E-state index is 0.0957. The highest BCUT2D eigenvalue weighted by Crippen LogP contribution is 2.21. The van der Waals surface area contributed by atoms with Crippen molar-refractivity contribution in [3.63, 3.8) is 0 Å². The number of carboxylic acids is 1. The summed E-state index contributed by atoms with van der Waals surface area (Å²) >= 11 is 0. The van der Waals surface area contributed by atoms with Crippen LogP contribution in [0.15, 0.2) is 12.4 Å². The van der Waals surface area contributed by atoms with Gasteiger partial charge in [-0.05, 0) is 13.3 Å². The monoisotopic (exact) mass is 237 g/mol. The predicted molar refractivity (Wildman–Crippen MR) is 59.1 cm³/mol. The third-order valence-corrected chi connectivity index (χ3v) is 2.98. The van der Waals surface area contributed by atoms with E-state index in [-0.39, 0.29) is 5.91 Å². The normalized spacial score (nSPS) is 19.9. The van der Waals surface area contributed by atoms with Crippen LogP contribution in [0.25, 0.3) is 0 Å². The van der Waals surface area contributed by atoms with Crippen LogP contribution in [-0.2, 0) is 22.7 Å². The number of hydrogen-bond donors (Lipinski definition) is 1. The molecule has 1 aromatic rings.